The summed E-state index contributed by atoms with van der Waals surface area (Å²) in [6.45, 7) is 0. The van der Waals surface area contributed by atoms with Crippen LogP contribution in [0.5, 0.6) is 5.75 Å². The third-order valence-electron chi connectivity index (χ3n) is 3.89. The van der Waals surface area contributed by atoms with Crippen molar-refractivity contribution in [2.24, 2.45) is 0 Å². The first-order chi connectivity index (χ1) is 9.01. The maximum atomic E-state index is 10.4. The van der Waals surface area contributed by atoms with E-state index in [1.165, 1.54) is 7.11 Å². The molecule has 5 heteroatoms. The summed E-state index contributed by atoms with van der Waals surface area (Å²) in [7, 11) is 3.22. The molecule has 0 amide bonds. The van der Waals surface area contributed by atoms with Gasteiger partial charge in [-0.05, 0) is 25.3 Å². The maximum Gasteiger partial charge on any atom is 0.138 e. The van der Waals surface area contributed by atoms with Crippen molar-refractivity contribution >= 4 is 23.2 Å². The number of hydrogen-bond donors (Lipinski definition) is 1. The molecule has 0 aromatic heterocycles. The van der Waals surface area contributed by atoms with Crippen molar-refractivity contribution < 1.29 is 14.6 Å². The highest BCUT2D eigenvalue weighted by atomic mass is 35.5. The Labute approximate surface area is 123 Å². The predicted octanol–water partition coefficient (Wildman–Crippen LogP) is 3.99. The molecule has 1 N–H and O–H groups in total. The van der Waals surface area contributed by atoms with Crippen LogP contribution in [0.4, 0.5) is 0 Å². The van der Waals surface area contributed by atoms with E-state index in [0.29, 0.717) is 27.8 Å². The normalized spacial score (nSPS) is 18.8. The summed E-state index contributed by atoms with van der Waals surface area (Å²) in [5, 5.41) is 11.3. The molecule has 1 aliphatic carbocycles. The summed E-state index contributed by atoms with van der Waals surface area (Å²) in [5.41, 5.74) is 0.408. The molecule has 0 radical (unpaired) electrons. The minimum atomic E-state index is -0.684. The van der Waals surface area contributed by atoms with Crippen LogP contribution in [0.2, 0.25) is 10.0 Å². The van der Waals surface area contributed by atoms with Crippen molar-refractivity contribution in [1.29, 1.82) is 0 Å². The molecule has 1 aliphatic rings. The lowest BCUT2D eigenvalue weighted by atomic mass is 9.75. The van der Waals surface area contributed by atoms with E-state index in [-0.39, 0.29) is 5.60 Å². The molecule has 0 aliphatic heterocycles. The molecule has 2 rings (SSSR count). The van der Waals surface area contributed by atoms with E-state index in [0.717, 1.165) is 19.3 Å². The number of benzene rings is 1. The van der Waals surface area contributed by atoms with E-state index >= 15 is 0 Å². The predicted molar refractivity (Wildman–Crippen MR) is 76.2 cm³/mol. The van der Waals surface area contributed by atoms with Gasteiger partial charge in [0.15, 0.2) is 0 Å². The molecule has 106 valence electrons. The van der Waals surface area contributed by atoms with Gasteiger partial charge in [0.2, 0.25) is 0 Å². The Balaban J connectivity index is 2.19. The van der Waals surface area contributed by atoms with E-state index in [4.69, 9.17) is 32.7 Å². The van der Waals surface area contributed by atoms with Gasteiger partial charge in [-0.3, -0.25) is 0 Å². The average molecular weight is 305 g/mol. The Morgan fingerprint density at radius 3 is 2.42 bits per heavy atom. The lowest BCUT2D eigenvalue weighted by molar-refractivity contribution is -0.0999. The highest BCUT2D eigenvalue weighted by Gasteiger charge is 2.39. The SMILES string of the molecule is COc1cc(Cl)c(C(O)CC2(OC)CCC2)cc1Cl. The molecule has 3 nitrogen and oxygen atoms in total. The minimum absolute atomic E-state index is 0.213. The van der Waals surface area contributed by atoms with Crippen molar-refractivity contribution in [3.05, 3.63) is 27.7 Å². The number of aliphatic hydroxyl groups excluding tert-OH is 1. The molecular formula is C14H18Cl2O3. The molecule has 0 spiro atoms. The molecule has 0 heterocycles. The number of hydrogen-bond acceptors (Lipinski definition) is 3. The minimum Gasteiger partial charge on any atom is -0.495 e. The zero-order valence-electron chi connectivity index (χ0n) is 11.1. The molecule has 1 saturated carbocycles. The third-order valence-corrected chi connectivity index (χ3v) is 4.52. The van der Waals surface area contributed by atoms with Crippen LogP contribution < -0.4 is 4.74 Å². The zero-order chi connectivity index (χ0) is 14.0. The van der Waals surface area contributed by atoms with Gasteiger partial charge in [-0.25, -0.2) is 0 Å². The second-order valence-electron chi connectivity index (χ2n) is 4.97. The van der Waals surface area contributed by atoms with Crippen LogP contribution in [-0.4, -0.2) is 24.9 Å². The lowest BCUT2D eigenvalue weighted by Gasteiger charge is -2.42. The number of halogens is 2. The molecule has 1 atom stereocenters. The van der Waals surface area contributed by atoms with Crippen LogP contribution in [0.25, 0.3) is 0 Å². The fourth-order valence-corrected chi connectivity index (χ4v) is 3.01. The highest BCUT2D eigenvalue weighted by Crippen LogP contribution is 2.44. The number of rotatable bonds is 5. The van der Waals surface area contributed by atoms with E-state index in [2.05, 4.69) is 0 Å². The topological polar surface area (TPSA) is 38.7 Å². The van der Waals surface area contributed by atoms with Crippen LogP contribution in [0.1, 0.15) is 37.4 Å². The van der Waals surface area contributed by atoms with Gasteiger partial charge >= 0.3 is 0 Å². The molecule has 1 aromatic carbocycles. The summed E-state index contributed by atoms with van der Waals surface area (Å²) in [4.78, 5) is 0. The van der Waals surface area contributed by atoms with Crippen LogP contribution in [0.15, 0.2) is 12.1 Å². The second-order valence-corrected chi connectivity index (χ2v) is 5.78. The lowest BCUT2D eigenvalue weighted by Crippen LogP contribution is -2.40. The van der Waals surface area contributed by atoms with Gasteiger partial charge in [0.25, 0.3) is 0 Å². The van der Waals surface area contributed by atoms with Crippen LogP contribution in [-0.2, 0) is 4.74 Å². The molecule has 0 saturated heterocycles. The van der Waals surface area contributed by atoms with Crippen LogP contribution in [0, 0.1) is 0 Å². The first kappa shape index (κ1) is 14.9. The van der Waals surface area contributed by atoms with Crippen molar-refractivity contribution in [3.63, 3.8) is 0 Å². The Bertz CT molecular complexity index is 453. The van der Waals surface area contributed by atoms with Crippen LogP contribution >= 0.6 is 23.2 Å². The Morgan fingerprint density at radius 2 is 1.95 bits per heavy atom. The summed E-state index contributed by atoms with van der Waals surface area (Å²) < 4.78 is 10.6. The van der Waals surface area contributed by atoms with E-state index in [1.807, 2.05) is 0 Å². The van der Waals surface area contributed by atoms with Gasteiger partial charge < -0.3 is 14.6 Å². The molecule has 1 aromatic rings. The zero-order valence-corrected chi connectivity index (χ0v) is 12.6. The number of methoxy groups -OCH3 is 2. The average Bonchev–Trinajstić information content (AvgIpc) is 2.35. The highest BCUT2D eigenvalue weighted by molar-refractivity contribution is 6.34. The molecule has 1 fully saturated rings. The van der Waals surface area contributed by atoms with Gasteiger partial charge in [-0.1, -0.05) is 23.2 Å². The summed E-state index contributed by atoms with van der Waals surface area (Å²) in [6, 6.07) is 3.29. The van der Waals surface area contributed by atoms with Crippen LogP contribution in [0.3, 0.4) is 0 Å². The van der Waals surface area contributed by atoms with E-state index < -0.39 is 6.10 Å². The first-order valence-corrected chi connectivity index (χ1v) is 7.03. The van der Waals surface area contributed by atoms with Gasteiger partial charge in [-0.2, -0.15) is 0 Å². The van der Waals surface area contributed by atoms with Crippen molar-refractivity contribution in [1.82, 2.24) is 0 Å². The second kappa shape index (κ2) is 5.88. The monoisotopic (exact) mass is 304 g/mol. The number of aliphatic hydroxyl groups is 1. The maximum absolute atomic E-state index is 10.4. The van der Waals surface area contributed by atoms with Gasteiger partial charge in [-0.15, -0.1) is 0 Å². The molecule has 19 heavy (non-hydrogen) atoms. The van der Waals surface area contributed by atoms with Gasteiger partial charge in [0.1, 0.15) is 5.75 Å². The summed E-state index contributed by atoms with van der Waals surface area (Å²) in [6.07, 6.45) is 2.93. The smallest absolute Gasteiger partial charge is 0.138 e. The first-order valence-electron chi connectivity index (χ1n) is 6.27. The Kier molecular flexibility index (Phi) is 4.62. The molecule has 0 bridgehead atoms. The largest absolute Gasteiger partial charge is 0.495 e. The van der Waals surface area contributed by atoms with Crippen molar-refractivity contribution in [2.75, 3.05) is 14.2 Å². The van der Waals surface area contributed by atoms with Gasteiger partial charge in [0, 0.05) is 25.2 Å². The third kappa shape index (κ3) is 3.00. The van der Waals surface area contributed by atoms with Crippen molar-refractivity contribution in [2.45, 2.75) is 37.4 Å². The molecular weight excluding hydrogens is 287 g/mol. The Hall–Kier alpha value is -0.480. The van der Waals surface area contributed by atoms with E-state index in [9.17, 15) is 5.11 Å². The fourth-order valence-electron chi connectivity index (χ4n) is 2.48. The summed E-state index contributed by atoms with van der Waals surface area (Å²) >= 11 is 12.2. The van der Waals surface area contributed by atoms with E-state index in [1.54, 1.807) is 19.2 Å². The quantitative estimate of drug-likeness (QED) is 0.894. The molecule has 1 unspecified atom stereocenters. The summed E-state index contributed by atoms with van der Waals surface area (Å²) in [5.74, 6) is 0.507. The van der Waals surface area contributed by atoms with Crippen molar-refractivity contribution in [3.8, 4) is 5.75 Å². The van der Waals surface area contributed by atoms with Gasteiger partial charge in [0.05, 0.1) is 28.9 Å². The number of ether oxygens (including phenoxy) is 2. The standard InChI is InChI=1S/C14H18Cl2O3/c1-18-13-7-10(15)9(6-11(13)16)12(17)8-14(19-2)4-3-5-14/h6-7,12,17H,3-5,8H2,1-2H3. The Morgan fingerprint density at radius 1 is 1.26 bits per heavy atom. The fraction of sp³-hybridized carbons (Fsp3) is 0.571.